The van der Waals surface area contributed by atoms with Crippen molar-refractivity contribution in [1.29, 1.82) is 0 Å². The molecule has 3 nitrogen and oxygen atoms in total. The first-order valence-electron chi connectivity index (χ1n) is 5.67. The lowest BCUT2D eigenvalue weighted by Crippen LogP contribution is -2.36. The second kappa shape index (κ2) is 6.06. The lowest BCUT2D eigenvalue weighted by molar-refractivity contribution is 0.379. The summed E-state index contributed by atoms with van der Waals surface area (Å²) in [6, 6.07) is 0.242. The minimum atomic E-state index is -3.02. The molecule has 1 fully saturated rings. The van der Waals surface area contributed by atoms with Gasteiger partial charge in [0.1, 0.15) is 0 Å². The van der Waals surface area contributed by atoms with Crippen LogP contribution in [0, 0.1) is 0 Å². The molecule has 0 saturated carbocycles. The van der Waals surface area contributed by atoms with Crippen LogP contribution in [0.4, 0.5) is 0 Å². The molecular weight excluding hydrogens is 234 g/mol. The van der Waals surface area contributed by atoms with Gasteiger partial charge in [-0.05, 0) is 32.1 Å². The minimum absolute atomic E-state index is 0.242. The Hall–Kier alpha value is 0.200. The molecule has 1 atom stereocenters. The number of halogens is 1. The van der Waals surface area contributed by atoms with Gasteiger partial charge in [-0.3, -0.25) is 0 Å². The van der Waals surface area contributed by atoms with E-state index in [1.807, 2.05) is 0 Å². The van der Waals surface area contributed by atoms with E-state index in [9.17, 15) is 8.42 Å². The van der Waals surface area contributed by atoms with Crippen molar-refractivity contribution in [3.05, 3.63) is 0 Å². The normalized spacial score (nSPS) is 23.5. The van der Waals surface area contributed by atoms with Crippen LogP contribution in [0.3, 0.4) is 0 Å². The van der Waals surface area contributed by atoms with Crippen molar-refractivity contribution >= 4 is 21.6 Å². The van der Waals surface area contributed by atoms with Crippen molar-refractivity contribution < 1.29 is 8.42 Å². The van der Waals surface area contributed by atoms with E-state index in [1.165, 1.54) is 0 Å². The van der Waals surface area contributed by atoms with E-state index in [4.69, 9.17) is 11.6 Å². The standard InChI is InChI=1S/C10H20ClNO2S/c1-2-10-6-5-8-12(10)15(13,14)9-4-3-7-11/h10H,2-9H2,1H3. The second-order valence-electron chi connectivity index (χ2n) is 4.03. The molecule has 0 aromatic rings. The minimum Gasteiger partial charge on any atom is -0.212 e. The third kappa shape index (κ3) is 3.61. The summed E-state index contributed by atoms with van der Waals surface area (Å²) in [6.07, 6.45) is 4.41. The largest absolute Gasteiger partial charge is 0.214 e. The monoisotopic (exact) mass is 253 g/mol. The predicted octanol–water partition coefficient (Wildman–Crippen LogP) is 2.21. The molecule has 1 aliphatic heterocycles. The van der Waals surface area contributed by atoms with Crippen LogP contribution < -0.4 is 0 Å². The fourth-order valence-corrected chi connectivity index (χ4v) is 4.19. The Morgan fingerprint density at radius 1 is 1.40 bits per heavy atom. The first-order chi connectivity index (χ1) is 7.11. The molecule has 0 amide bonds. The van der Waals surface area contributed by atoms with Crippen molar-refractivity contribution in [1.82, 2.24) is 4.31 Å². The number of alkyl halides is 1. The summed E-state index contributed by atoms with van der Waals surface area (Å²) in [7, 11) is -3.02. The van der Waals surface area contributed by atoms with Gasteiger partial charge in [0.25, 0.3) is 0 Å². The third-order valence-corrected chi connectivity index (χ3v) is 5.20. The molecule has 1 saturated heterocycles. The first-order valence-corrected chi connectivity index (χ1v) is 7.81. The summed E-state index contributed by atoms with van der Waals surface area (Å²) in [5.41, 5.74) is 0. The van der Waals surface area contributed by atoms with Gasteiger partial charge >= 0.3 is 0 Å². The highest BCUT2D eigenvalue weighted by molar-refractivity contribution is 7.89. The number of rotatable bonds is 6. The summed E-state index contributed by atoms with van der Waals surface area (Å²) >= 11 is 5.54. The van der Waals surface area contributed by atoms with E-state index in [2.05, 4.69) is 6.92 Å². The van der Waals surface area contributed by atoms with Crippen LogP contribution in [0.1, 0.15) is 39.0 Å². The number of hydrogen-bond acceptors (Lipinski definition) is 2. The van der Waals surface area contributed by atoms with Gasteiger partial charge in [-0.15, -0.1) is 11.6 Å². The van der Waals surface area contributed by atoms with Crippen LogP contribution in [-0.4, -0.2) is 36.9 Å². The zero-order valence-corrected chi connectivity index (χ0v) is 10.9. The van der Waals surface area contributed by atoms with Crippen LogP contribution in [0.5, 0.6) is 0 Å². The maximum atomic E-state index is 12.0. The third-order valence-electron chi connectivity index (χ3n) is 2.94. The van der Waals surface area contributed by atoms with Crippen molar-refractivity contribution in [2.75, 3.05) is 18.2 Å². The average molecular weight is 254 g/mol. The molecule has 0 bridgehead atoms. The Morgan fingerprint density at radius 3 is 2.73 bits per heavy atom. The van der Waals surface area contributed by atoms with Crippen molar-refractivity contribution in [3.8, 4) is 0 Å². The lowest BCUT2D eigenvalue weighted by atomic mass is 10.2. The molecule has 1 aliphatic rings. The number of unbranched alkanes of at least 4 members (excludes halogenated alkanes) is 1. The Morgan fingerprint density at radius 2 is 2.13 bits per heavy atom. The fraction of sp³-hybridized carbons (Fsp3) is 1.00. The highest BCUT2D eigenvalue weighted by Crippen LogP contribution is 2.23. The summed E-state index contributed by atoms with van der Waals surface area (Å²) in [5.74, 6) is 0.808. The van der Waals surface area contributed by atoms with Crippen molar-refractivity contribution in [2.45, 2.75) is 45.1 Å². The van der Waals surface area contributed by atoms with Crippen LogP contribution in [0.15, 0.2) is 0 Å². The molecule has 1 heterocycles. The molecule has 0 aliphatic carbocycles. The van der Waals surface area contributed by atoms with E-state index in [-0.39, 0.29) is 11.8 Å². The summed E-state index contributed by atoms with van der Waals surface area (Å²) in [4.78, 5) is 0. The Labute approximate surface area is 97.8 Å². The molecule has 5 heteroatoms. The van der Waals surface area contributed by atoms with Crippen LogP contribution in [-0.2, 0) is 10.0 Å². The highest BCUT2D eigenvalue weighted by atomic mass is 35.5. The van der Waals surface area contributed by atoms with Gasteiger partial charge in [-0.1, -0.05) is 6.92 Å². The smallest absolute Gasteiger partial charge is 0.212 e. The molecule has 0 spiro atoms. The quantitative estimate of drug-likeness (QED) is 0.538. The number of sulfonamides is 1. The van der Waals surface area contributed by atoms with Crippen LogP contribution in [0.2, 0.25) is 0 Å². The molecule has 1 unspecified atom stereocenters. The molecule has 90 valence electrons. The Balaban J connectivity index is 2.52. The zero-order chi connectivity index (χ0) is 11.3. The van der Waals surface area contributed by atoms with Gasteiger partial charge in [0, 0.05) is 18.5 Å². The molecule has 0 aromatic carbocycles. The maximum Gasteiger partial charge on any atom is 0.214 e. The van der Waals surface area contributed by atoms with E-state index >= 15 is 0 Å². The maximum absolute atomic E-state index is 12.0. The SMILES string of the molecule is CCC1CCCN1S(=O)(=O)CCCCCl. The average Bonchev–Trinajstić information content (AvgIpc) is 2.66. The van der Waals surface area contributed by atoms with E-state index in [1.54, 1.807) is 4.31 Å². The predicted molar refractivity (Wildman–Crippen MR) is 63.8 cm³/mol. The van der Waals surface area contributed by atoms with E-state index in [0.717, 1.165) is 25.7 Å². The number of nitrogens with zero attached hydrogens (tertiary/aromatic N) is 1. The van der Waals surface area contributed by atoms with Gasteiger partial charge in [0.15, 0.2) is 0 Å². The van der Waals surface area contributed by atoms with Crippen molar-refractivity contribution in [2.24, 2.45) is 0 Å². The van der Waals surface area contributed by atoms with Gasteiger partial charge in [0.2, 0.25) is 10.0 Å². The highest BCUT2D eigenvalue weighted by Gasteiger charge is 2.32. The summed E-state index contributed by atoms with van der Waals surface area (Å²) in [6.45, 7) is 2.76. The summed E-state index contributed by atoms with van der Waals surface area (Å²) in [5, 5.41) is 0. The molecule has 15 heavy (non-hydrogen) atoms. The molecule has 1 rings (SSSR count). The Bertz CT molecular complexity index is 279. The fourth-order valence-electron chi connectivity index (χ4n) is 2.08. The molecule has 0 radical (unpaired) electrons. The Kier molecular flexibility index (Phi) is 5.36. The first kappa shape index (κ1) is 13.3. The van der Waals surface area contributed by atoms with Gasteiger partial charge in [-0.2, -0.15) is 4.31 Å². The molecule has 0 N–H and O–H groups in total. The lowest BCUT2D eigenvalue weighted by Gasteiger charge is -2.22. The van der Waals surface area contributed by atoms with Crippen LogP contribution >= 0.6 is 11.6 Å². The number of hydrogen-bond donors (Lipinski definition) is 0. The molecular formula is C10H20ClNO2S. The molecule has 0 aromatic heterocycles. The van der Waals surface area contributed by atoms with Gasteiger partial charge < -0.3 is 0 Å². The van der Waals surface area contributed by atoms with E-state index < -0.39 is 10.0 Å². The topological polar surface area (TPSA) is 37.4 Å². The van der Waals surface area contributed by atoms with E-state index in [0.29, 0.717) is 18.8 Å². The summed E-state index contributed by atoms with van der Waals surface area (Å²) < 4.78 is 25.6. The second-order valence-corrected chi connectivity index (χ2v) is 6.45. The zero-order valence-electron chi connectivity index (χ0n) is 9.28. The van der Waals surface area contributed by atoms with Gasteiger partial charge in [-0.25, -0.2) is 8.42 Å². The van der Waals surface area contributed by atoms with Gasteiger partial charge in [0.05, 0.1) is 5.75 Å². The van der Waals surface area contributed by atoms with Crippen LogP contribution in [0.25, 0.3) is 0 Å². The van der Waals surface area contributed by atoms with Crippen molar-refractivity contribution in [3.63, 3.8) is 0 Å².